The Morgan fingerprint density at radius 2 is 1.50 bits per heavy atom. The van der Waals surface area contributed by atoms with E-state index in [1.807, 2.05) is 30.3 Å². The van der Waals surface area contributed by atoms with Gasteiger partial charge >= 0.3 is 0 Å². The van der Waals surface area contributed by atoms with E-state index in [0.29, 0.717) is 17.0 Å². The van der Waals surface area contributed by atoms with E-state index in [-0.39, 0.29) is 17.0 Å². The number of anilines is 2. The Labute approximate surface area is 184 Å². The zero-order valence-corrected chi connectivity index (χ0v) is 17.4. The van der Waals surface area contributed by atoms with Gasteiger partial charge in [-0.1, -0.05) is 18.2 Å². The lowest BCUT2D eigenvalue weighted by Crippen LogP contribution is -2.34. The predicted octanol–water partition coefficient (Wildman–Crippen LogP) is 4.02. The quantitative estimate of drug-likeness (QED) is 0.334. The Hall–Kier alpha value is -4.46. The van der Waals surface area contributed by atoms with Gasteiger partial charge in [0.25, 0.3) is 17.5 Å². The topological polar surface area (TPSA) is 93.0 Å². The van der Waals surface area contributed by atoms with Crippen molar-refractivity contribution in [3.8, 4) is 5.75 Å². The minimum absolute atomic E-state index is 0.101. The Bertz CT molecular complexity index is 1220. The molecular weight excluding hydrogens is 410 g/mol. The predicted molar refractivity (Wildman–Crippen MR) is 120 cm³/mol. The van der Waals surface area contributed by atoms with Crippen LogP contribution in [0.25, 0.3) is 5.57 Å². The zero-order chi connectivity index (χ0) is 22.8. The number of para-hydroxylation sites is 1. The molecule has 3 aromatic carbocycles. The number of non-ortho nitro benzene ring substituents is 1. The minimum atomic E-state index is -0.513. The number of nitrogens with zero attached hydrogens (tertiary/aromatic N) is 3. The highest BCUT2D eigenvalue weighted by atomic mass is 16.6. The molecule has 0 aromatic heterocycles. The first-order valence-corrected chi connectivity index (χ1v) is 9.73. The molecular formula is C24H19N3O5. The summed E-state index contributed by atoms with van der Waals surface area (Å²) in [6.07, 6.45) is 0. The first-order chi connectivity index (χ1) is 15.4. The molecule has 0 fully saturated rings. The molecule has 3 aromatic rings. The number of ether oxygens (including phenoxy) is 1. The third-order valence-corrected chi connectivity index (χ3v) is 5.24. The second kappa shape index (κ2) is 8.35. The van der Waals surface area contributed by atoms with Crippen LogP contribution in [0.15, 0.2) is 84.6 Å². The van der Waals surface area contributed by atoms with E-state index in [1.54, 1.807) is 36.2 Å². The minimum Gasteiger partial charge on any atom is -0.497 e. The van der Waals surface area contributed by atoms with Crippen LogP contribution in [-0.2, 0) is 9.59 Å². The standard InChI is InChI=1S/C24H19N3O5/c1-25(17-6-4-3-5-7-17)22-21(16-8-10-19(11-9-16)27(30)31)23(28)26(24(22)29)18-12-14-20(32-2)15-13-18/h3-15H,1-2H3. The summed E-state index contributed by atoms with van der Waals surface area (Å²) in [6, 6.07) is 21.4. The summed E-state index contributed by atoms with van der Waals surface area (Å²) >= 11 is 0. The Morgan fingerprint density at radius 3 is 2.06 bits per heavy atom. The highest BCUT2D eigenvalue weighted by Crippen LogP contribution is 2.36. The normalized spacial score (nSPS) is 13.5. The number of rotatable bonds is 6. The first kappa shape index (κ1) is 20.8. The van der Waals surface area contributed by atoms with E-state index in [0.717, 1.165) is 10.6 Å². The molecule has 1 heterocycles. The van der Waals surface area contributed by atoms with Crippen molar-refractivity contribution in [2.45, 2.75) is 0 Å². The molecule has 4 rings (SSSR count). The monoisotopic (exact) mass is 429 g/mol. The van der Waals surface area contributed by atoms with Gasteiger partial charge in [0, 0.05) is 24.9 Å². The fourth-order valence-corrected chi connectivity index (χ4v) is 3.59. The number of imide groups is 1. The molecule has 0 spiro atoms. The van der Waals surface area contributed by atoms with Crippen LogP contribution in [0.2, 0.25) is 0 Å². The smallest absolute Gasteiger partial charge is 0.282 e. The molecule has 0 saturated carbocycles. The number of hydrogen-bond donors (Lipinski definition) is 0. The van der Waals surface area contributed by atoms with Crippen LogP contribution >= 0.6 is 0 Å². The molecule has 0 bridgehead atoms. The van der Waals surface area contributed by atoms with Crippen molar-refractivity contribution in [2.75, 3.05) is 24.0 Å². The number of methoxy groups -OCH3 is 1. The van der Waals surface area contributed by atoms with Crippen molar-refractivity contribution in [3.05, 3.63) is 100 Å². The maximum atomic E-state index is 13.5. The van der Waals surface area contributed by atoms with Gasteiger partial charge in [-0.15, -0.1) is 0 Å². The average Bonchev–Trinajstić information content (AvgIpc) is 3.09. The maximum absolute atomic E-state index is 13.5. The number of benzene rings is 3. The number of amides is 2. The van der Waals surface area contributed by atoms with Crippen molar-refractivity contribution < 1.29 is 19.2 Å². The van der Waals surface area contributed by atoms with E-state index < -0.39 is 16.7 Å². The van der Waals surface area contributed by atoms with E-state index in [4.69, 9.17) is 4.74 Å². The van der Waals surface area contributed by atoms with E-state index in [9.17, 15) is 19.7 Å². The van der Waals surface area contributed by atoms with Crippen molar-refractivity contribution in [1.82, 2.24) is 0 Å². The fourth-order valence-electron chi connectivity index (χ4n) is 3.59. The lowest BCUT2D eigenvalue weighted by Gasteiger charge is -2.21. The molecule has 0 atom stereocenters. The van der Waals surface area contributed by atoms with Crippen LogP contribution in [0.1, 0.15) is 5.56 Å². The van der Waals surface area contributed by atoms with Gasteiger partial charge < -0.3 is 9.64 Å². The number of likely N-dealkylation sites (N-methyl/N-ethyl adjacent to an activating group) is 1. The molecule has 0 radical (unpaired) electrons. The highest BCUT2D eigenvalue weighted by molar-refractivity contribution is 6.46. The number of nitro groups is 1. The Morgan fingerprint density at radius 1 is 0.875 bits per heavy atom. The summed E-state index contributed by atoms with van der Waals surface area (Å²) < 4.78 is 5.16. The van der Waals surface area contributed by atoms with Gasteiger partial charge in [-0.3, -0.25) is 19.7 Å². The largest absolute Gasteiger partial charge is 0.497 e. The molecule has 8 nitrogen and oxygen atoms in total. The molecule has 0 saturated heterocycles. The summed E-state index contributed by atoms with van der Waals surface area (Å²) in [5.41, 5.74) is 1.80. The molecule has 160 valence electrons. The molecule has 0 N–H and O–H groups in total. The summed E-state index contributed by atoms with van der Waals surface area (Å²) in [6.45, 7) is 0. The van der Waals surface area contributed by atoms with E-state index in [1.165, 1.54) is 31.4 Å². The molecule has 32 heavy (non-hydrogen) atoms. The second-order valence-electron chi connectivity index (χ2n) is 7.07. The number of carbonyl (C=O) groups is 2. The first-order valence-electron chi connectivity index (χ1n) is 9.73. The summed E-state index contributed by atoms with van der Waals surface area (Å²) in [5.74, 6) is -0.398. The SMILES string of the molecule is COc1ccc(N2C(=O)C(c3ccc([N+](=O)[O-])cc3)=C(N(C)c3ccccc3)C2=O)cc1. The van der Waals surface area contributed by atoms with Gasteiger partial charge in [-0.25, -0.2) is 4.90 Å². The number of carbonyl (C=O) groups excluding carboxylic acids is 2. The third-order valence-electron chi connectivity index (χ3n) is 5.24. The number of nitro benzene ring substituents is 1. The van der Waals surface area contributed by atoms with E-state index in [2.05, 4.69) is 0 Å². The molecule has 1 aliphatic rings. The molecule has 8 heteroatoms. The van der Waals surface area contributed by atoms with Gasteiger partial charge in [0.05, 0.1) is 23.3 Å². The van der Waals surface area contributed by atoms with Crippen LogP contribution in [-0.4, -0.2) is 30.9 Å². The Balaban J connectivity index is 1.84. The van der Waals surface area contributed by atoms with Crippen LogP contribution in [0.5, 0.6) is 5.75 Å². The van der Waals surface area contributed by atoms with E-state index >= 15 is 0 Å². The van der Waals surface area contributed by atoms with Crippen LogP contribution in [0.4, 0.5) is 17.1 Å². The average molecular weight is 429 g/mol. The van der Waals surface area contributed by atoms with Crippen molar-refractivity contribution in [3.63, 3.8) is 0 Å². The van der Waals surface area contributed by atoms with Crippen molar-refractivity contribution >= 4 is 34.4 Å². The van der Waals surface area contributed by atoms with Gasteiger partial charge in [-0.2, -0.15) is 0 Å². The molecule has 0 aliphatic carbocycles. The second-order valence-corrected chi connectivity index (χ2v) is 7.07. The molecule has 2 amide bonds. The van der Waals surface area contributed by atoms with Crippen LogP contribution in [0.3, 0.4) is 0 Å². The summed E-state index contributed by atoms with van der Waals surface area (Å²) in [7, 11) is 3.24. The highest BCUT2D eigenvalue weighted by Gasteiger charge is 2.42. The lowest BCUT2D eigenvalue weighted by atomic mass is 10.0. The molecule has 1 aliphatic heterocycles. The summed E-state index contributed by atoms with van der Waals surface area (Å²) in [4.78, 5) is 40.3. The van der Waals surface area contributed by atoms with Gasteiger partial charge in [-0.05, 0) is 54.1 Å². The maximum Gasteiger partial charge on any atom is 0.282 e. The van der Waals surface area contributed by atoms with Gasteiger partial charge in [0.2, 0.25) is 0 Å². The zero-order valence-electron chi connectivity index (χ0n) is 17.4. The fraction of sp³-hybridized carbons (Fsp3) is 0.0833. The van der Waals surface area contributed by atoms with Crippen LogP contribution in [0, 0.1) is 10.1 Å². The van der Waals surface area contributed by atoms with Gasteiger partial charge in [0.1, 0.15) is 11.4 Å². The van der Waals surface area contributed by atoms with Crippen LogP contribution < -0.4 is 14.5 Å². The van der Waals surface area contributed by atoms with Gasteiger partial charge in [0.15, 0.2) is 0 Å². The molecule has 0 unspecified atom stereocenters. The van der Waals surface area contributed by atoms with Crippen molar-refractivity contribution in [2.24, 2.45) is 0 Å². The third kappa shape index (κ3) is 3.58. The Kier molecular flexibility index (Phi) is 5.43. The number of hydrogen-bond acceptors (Lipinski definition) is 6. The lowest BCUT2D eigenvalue weighted by molar-refractivity contribution is -0.384. The summed E-state index contributed by atoms with van der Waals surface area (Å²) in [5, 5.41) is 11.0. The van der Waals surface area contributed by atoms with Crippen molar-refractivity contribution in [1.29, 1.82) is 0 Å².